The lowest BCUT2D eigenvalue weighted by Crippen LogP contribution is -2.10. The summed E-state index contributed by atoms with van der Waals surface area (Å²) in [5.74, 6) is -0.343. The molecule has 0 bridgehead atoms. The smallest absolute Gasteiger partial charge is 0.311 e. The summed E-state index contributed by atoms with van der Waals surface area (Å²) in [6.07, 6.45) is 0. The zero-order valence-electron chi connectivity index (χ0n) is 7.28. The molecule has 0 spiro atoms. The van der Waals surface area contributed by atoms with Gasteiger partial charge in [0.2, 0.25) is 0 Å². The molecule has 1 atom stereocenters. The van der Waals surface area contributed by atoms with Gasteiger partial charge in [0.05, 0.1) is 5.92 Å². The number of hydrogen-bond donors (Lipinski definition) is 1. The lowest BCUT2D eigenvalue weighted by molar-refractivity contribution is -0.138. The number of hydrogen-bond acceptors (Lipinski definition) is 2. The van der Waals surface area contributed by atoms with Crippen LogP contribution in [-0.2, 0) is 4.79 Å². The van der Waals surface area contributed by atoms with Gasteiger partial charge in [-0.3, -0.25) is 4.79 Å². The third-order valence-corrected chi connectivity index (χ3v) is 3.41. The van der Waals surface area contributed by atoms with Gasteiger partial charge in [-0.1, -0.05) is 12.1 Å². The van der Waals surface area contributed by atoms with E-state index in [0.29, 0.717) is 5.75 Å². The van der Waals surface area contributed by atoms with Crippen LogP contribution in [0.5, 0.6) is 0 Å². The Morgan fingerprint density at radius 3 is 3.08 bits per heavy atom. The molecule has 1 N–H and O–H groups in total. The number of fused-ring (bicyclic) bond motifs is 1. The van der Waals surface area contributed by atoms with E-state index in [1.165, 1.54) is 5.56 Å². The van der Waals surface area contributed by atoms with Crippen molar-refractivity contribution >= 4 is 17.7 Å². The third-order valence-electron chi connectivity index (χ3n) is 2.25. The molecular formula is C10H10O2S. The molecule has 2 rings (SSSR count). The molecule has 0 saturated carbocycles. The van der Waals surface area contributed by atoms with Crippen molar-refractivity contribution in [1.82, 2.24) is 0 Å². The Bertz CT molecular complexity index is 360. The van der Waals surface area contributed by atoms with E-state index in [-0.39, 0.29) is 5.92 Å². The Morgan fingerprint density at radius 1 is 1.62 bits per heavy atom. The van der Waals surface area contributed by atoms with Gasteiger partial charge in [0, 0.05) is 10.6 Å². The lowest BCUT2D eigenvalue weighted by Gasteiger charge is -2.04. The van der Waals surface area contributed by atoms with Crippen LogP contribution >= 0.6 is 11.8 Å². The number of thioether (sulfide) groups is 1. The molecule has 1 heterocycles. The van der Waals surface area contributed by atoms with E-state index in [4.69, 9.17) is 5.11 Å². The maximum absolute atomic E-state index is 10.8. The van der Waals surface area contributed by atoms with E-state index in [1.807, 2.05) is 19.1 Å². The molecule has 0 radical (unpaired) electrons. The summed E-state index contributed by atoms with van der Waals surface area (Å²) in [4.78, 5) is 12.0. The quantitative estimate of drug-likeness (QED) is 0.745. The van der Waals surface area contributed by atoms with Crippen molar-refractivity contribution in [2.45, 2.75) is 17.7 Å². The summed E-state index contributed by atoms with van der Waals surface area (Å²) < 4.78 is 0. The van der Waals surface area contributed by atoms with Crippen molar-refractivity contribution in [3.63, 3.8) is 0 Å². The first-order valence-corrected chi connectivity index (χ1v) is 5.13. The van der Waals surface area contributed by atoms with Crippen LogP contribution in [0.1, 0.15) is 17.0 Å². The van der Waals surface area contributed by atoms with Crippen molar-refractivity contribution in [2.24, 2.45) is 0 Å². The fraction of sp³-hybridized carbons (Fsp3) is 0.300. The van der Waals surface area contributed by atoms with Crippen LogP contribution in [0.25, 0.3) is 0 Å². The van der Waals surface area contributed by atoms with E-state index in [2.05, 4.69) is 6.07 Å². The number of rotatable bonds is 1. The topological polar surface area (TPSA) is 37.3 Å². The van der Waals surface area contributed by atoms with Gasteiger partial charge in [0.25, 0.3) is 0 Å². The molecule has 0 aromatic heterocycles. The highest BCUT2D eigenvalue weighted by Gasteiger charge is 2.28. The minimum Gasteiger partial charge on any atom is -0.481 e. The second-order valence-corrected chi connectivity index (χ2v) is 4.30. The average Bonchev–Trinajstić information content (AvgIpc) is 2.46. The van der Waals surface area contributed by atoms with Crippen LogP contribution < -0.4 is 0 Å². The van der Waals surface area contributed by atoms with Gasteiger partial charge in [-0.2, -0.15) is 0 Å². The Balaban J connectivity index is 2.44. The minimum absolute atomic E-state index is 0.305. The van der Waals surface area contributed by atoms with Crippen molar-refractivity contribution in [1.29, 1.82) is 0 Å². The molecule has 1 aromatic rings. The molecule has 1 aliphatic rings. The van der Waals surface area contributed by atoms with Gasteiger partial charge in [-0.25, -0.2) is 0 Å². The fourth-order valence-corrected chi connectivity index (χ4v) is 2.84. The maximum atomic E-state index is 10.8. The van der Waals surface area contributed by atoms with E-state index >= 15 is 0 Å². The summed E-state index contributed by atoms with van der Waals surface area (Å²) >= 11 is 1.64. The molecule has 0 saturated heterocycles. The number of carboxylic acid groups (broad SMARTS) is 1. The zero-order valence-corrected chi connectivity index (χ0v) is 8.10. The first kappa shape index (κ1) is 8.63. The second-order valence-electron chi connectivity index (χ2n) is 3.24. The summed E-state index contributed by atoms with van der Waals surface area (Å²) in [7, 11) is 0. The summed E-state index contributed by atoms with van der Waals surface area (Å²) in [6, 6.07) is 5.97. The van der Waals surface area contributed by atoms with Gasteiger partial charge in [0.15, 0.2) is 0 Å². The molecule has 0 fully saturated rings. The van der Waals surface area contributed by atoms with Crippen LogP contribution in [0.4, 0.5) is 0 Å². The van der Waals surface area contributed by atoms with Crippen LogP contribution in [-0.4, -0.2) is 16.8 Å². The largest absolute Gasteiger partial charge is 0.481 e. The SMILES string of the molecule is Cc1ccc2c(c1)SCC2C(=O)O. The normalized spacial score (nSPS) is 19.9. The van der Waals surface area contributed by atoms with Crippen molar-refractivity contribution in [2.75, 3.05) is 5.75 Å². The van der Waals surface area contributed by atoms with Crippen molar-refractivity contribution in [3.8, 4) is 0 Å². The van der Waals surface area contributed by atoms with Gasteiger partial charge < -0.3 is 5.11 Å². The van der Waals surface area contributed by atoms with Crippen molar-refractivity contribution in [3.05, 3.63) is 29.3 Å². The Morgan fingerprint density at radius 2 is 2.38 bits per heavy atom. The molecule has 1 aliphatic heterocycles. The van der Waals surface area contributed by atoms with Gasteiger partial charge in [-0.15, -0.1) is 11.8 Å². The number of benzene rings is 1. The summed E-state index contributed by atoms with van der Waals surface area (Å²) in [6.45, 7) is 2.02. The molecule has 0 aliphatic carbocycles. The number of aliphatic carboxylic acids is 1. The molecular weight excluding hydrogens is 184 g/mol. The summed E-state index contributed by atoms with van der Waals surface area (Å²) in [5.41, 5.74) is 2.17. The number of carboxylic acids is 1. The van der Waals surface area contributed by atoms with Crippen LogP contribution in [0.15, 0.2) is 23.1 Å². The van der Waals surface area contributed by atoms with Crippen LogP contribution in [0.2, 0.25) is 0 Å². The zero-order chi connectivity index (χ0) is 9.42. The van der Waals surface area contributed by atoms with E-state index in [0.717, 1.165) is 10.5 Å². The van der Waals surface area contributed by atoms with Gasteiger partial charge >= 0.3 is 5.97 Å². The minimum atomic E-state index is -0.713. The molecule has 3 heteroatoms. The molecule has 2 nitrogen and oxygen atoms in total. The lowest BCUT2D eigenvalue weighted by atomic mass is 10.0. The highest BCUT2D eigenvalue weighted by atomic mass is 32.2. The number of aryl methyl sites for hydroxylation is 1. The Hall–Kier alpha value is -0.960. The summed E-state index contributed by atoms with van der Waals surface area (Å²) in [5, 5.41) is 8.92. The molecule has 68 valence electrons. The Labute approximate surface area is 81.0 Å². The molecule has 0 amide bonds. The molecule has 13 heavy (non-hydrogen) atoms. The van der Waals surface area contributed by atoms with E-state index < -0.39 is 5.97 Å². The number of carbonyl (C=O) groups is 1. The first-order chi connectivity index (χ1) is 6.18. The van der Waals surface area contributed by atoms with Crippen LogP contribution in [0, 0.1) is 6.92 Å². The van der Waals surface area contributed by atoms with Crippen molar-refractivity contribution < 1.29 is 9.90 Å². The maximum Gasteiger partial charge on any atom is 0.311 e. The van der Waals surface area contributed by atoms with E-state index in [1.54, 1.807) is 11.8 Å². The highest BCUT2D eigenvalue weighted by molar-refractivity contribution is 7.99. The molecule has 1 unspecified atom stereocenters. The molecule has 1 aromatic carbocycles. The average molecular weight is 194 g/mol. The Kier molecular flexibility index (Phi) is 2.04. The highest BCUT2D eigenvalue weighted by Crippen LogP contribution is 2.39. The monoisotopic (exact) mass is 194 g/mol. The van der Waals surface area contributed by atoms with Gasteiger partial charge in [0.1, 0.15) is 0 Å². The van der Waals surface area contributed by atoms with Crippen LogP contribution in [0.3, 0.4) is 0 Å². The first-order valence-electron chi connectivity index (χ1n) is 4.14. The predicted octanol–water partition coefficient (Wildman–Crippen LogP) is 2.27. The van der Waals surface area contributed by atoms with E-state index in [9.17, 15) is 4.79 Å². The third kappa shape index (κ3) is 1.44. The predicted molar refractivity (Wildman–Crippen MR) is 52.3 cm³/mol. The standard InChI is InChI=1S/C10H10O2S/c1-6-2-3-7-8(10(11)12)5-13-9(7)4-6/h2-4,8H,5H2,1H3,(H,11,12). The second kappa shape index (κ2) is 3.07. The van der Waals surface area contributed by atoms with Gasteiger partial charge in [-0.05, 0) is 24.1 Å². The fourth-order valence-electron chi connectivity index (χ4n) is 1.52.